The topological polar surface area (TPSA) is 49.3 Å². The van der Waals surface area contributed by atoms with Gasteiger partial charge >= 0.3 is 0 Å². The van der Waals surface area contributed by atoms with E-state index in [0.29, 0.717) is 25.4 Å². The quantitative estimate of drug-likeness (QED) is 0.517. The summed E-state index contributed by atoms with van der Waals surface area (Å²) in [7, 11) is 0. The Hall–Kier alpha value is -2.54. The summed E-state index contributed by atoms with van der Waals surface area (Å²) in [5.74, 6) is 2.48. The summed E-state index contributed by atoms with van der Waals surface area (Å²) in [5.41, 5.74) is 2.34. The van der Waals surface area contributed by atoms with Crippen LogP contribution in [0.4, 0.5) is 10.2 Å². The molecule has 172 valence electrons. The van der Waals surface area contributed by atoms with E-state index in [4.69, 9.17) is 9.97 Å². The molecule has 1 saturated carbocycles. The minimum atomic E-state index is -0.270. The highest BCUT2D eigenvalue weighted by molar-refractivity contribution is 7.19. The number of piperazine rings is 1. The zero-order valence-electron chi connectivity index (χ0n) is 18.9. The first kappa shape index (κ1) is 21.0. The van der Waals surface area contributed by atoms with Crippen LogP contribution in [0, 0.1) is 5.82 Å². The van der Waals surface area contributed by atoms with Gasteiger partial charge in [-0.05, 0) is 61.8 Å². The number of carbonyl (C=O) groups is 1. The molecule has 6 rings (SSSR count). The largest absolute Gasteiger partial charge is 0.352 e. The van der Waals surface area contributed by atoms with Crippen molar-refractivity contribution in [2.24, 2.45) is 0 Å². The molecule has 0 spiro atoms. The third-order valence-electron chi connectivity index (χ3n) is 7.21. The Balaban J connectivity index is 1.24. The van der Waals surface area contributed by atoms with Crippen LogP contribution in [0.3, 0.4) is 0 Å². The molecule has 1 aliphatic heterocycles. The normalized spacial score (nSPS) is 18.9. The third-order valence-corrected chi connectivity index (χ3v) is 8.39. The fraction of sp³-hybridized carbons (Fsp3) is 0.500. The summed E-state index contributed by atoms with van der Waals surface area (Å²) >= 11 is 1.89. The predicted molar refractivity (Wildman–Crippen MR) is 130 cm³/mol. The Morgan fingerprint density at radius 2 is 1.76 bits per heavy atom. The monoisotopic (exact) mass is 464 g/mol. The van der Waals surface area contributed by atoms with Crippen molar-refractivity contribution in [1.82, 2.24) is 14.9 Å². The number of nitrogens with zero attached hydrogens (tertiary/aromatic N) is 4. The van der Waals surface area contributed by atoms with E-state index in [1.54, 1.807) is 12.1 Å². The van der Waals surface area contributed by atoms with Crippen molar-refractivity contribution < 1.29 is 9.18 Å². The second-order valence-corrected chi connectivity index (χ2v) is 10.7. The molecule has 0 N–H and O–H groups in total. The van der Waals surface area contributed by atoms with E-state index in [2.05, 4.69) is 4.90 Å². The number of hydrogen-bond donors (Lipinski definition) is 0. The number of hydrogen-bond acceptors (Lipinski definition) is 5. The Bertz CT molecular complexity index is 1180. The van der Waals surface area contributed by atoms with Gasteiger partial charge in [0.15, 0.2) is 0 Å². The number of amides is 1. The molecule has 1 saturated heterocycles. The maximum atomic E-state index is 13.2. The number of rotatable bonds is 4. The second-order valence-electron chi connectivity index (χ2n) is 9.60. The maximum absolute atomic E-state index is 13.2. The molecule has 2 aromatic heterocycles. The van der Waals surface area contributed by atoms with Crippen LogP contribution in [0.25, 0.3) is 10.2 Å². The van der Waals surface area contributed by atoms with Crippen molar-refractivity contribution in [3.05, 3.63) is 51.9 Å². The second kappa shape index (κ2) is 8.67. The fourth-order valence-corrected chi connectivity index (χ4v) is 6.40. The van der Waals surface area contributed by atoms with E-state index < -0.39 is 0 Å². The molecule has 0 radical (unpaired) electrons. The van der Waals surface area contributed by atoms with Gasteiger partial charge in [-0.3, -0.25) is 4.79 Å². The van der Waals surface area contributed by atoms with Gasteiger partial charge in [0.1, 0.15) is 22.3 Å². The Morgan fingerprint density at radius 1 is 1.00 bits per heavy atom. The van der Waals surface area contributed by atoms with Gasteiger partial charge in [-0.1, -0.05) is 18.6 Å². The van der Waals surface area contributed by atoms with Gasteiger partial charge in [0.05, 0.1) is 11.8 Å². The molecule has 3 heterocycles. The molecule has 5 nitrogen and oxygen atoms in total. The molecule has 2 aliphatic carbocycles. The molecule has 1 aromatic carbocycles. The van der Waals surface area contributed by atoms with E-state index in [1.807, 2.05) is 16.2 Å². The molecule has 0 bridgehead atoms. The number of aromatic nitrogens is 2. The first-order valence-electron chi connectivity index (χ1n) is 12.2. The Morgan fingerprint density at radius 3 is 2.52 bits per heavy atom. The average Bonchev–Trinajstić information content (AvgIpc) is 3.65. The van der Waals surface area contributed by atoms with Crippen molar-refractivity contribution in [2.45, 2.75) is 57.3 Å². The standard InChI is InChI=1S/C26H29FN4OS/c27-19-10-6-17(7-11-19)16-22(32)30-12-14-31(15-13-30)25-23-20-4-2-1-3-5-21(20)33-26(23)29-24(28-25)18-8-9-18/h6-7,10-11,18H,1-5,8-9,12-16H2. The van der Waals surface area contributed by atoms with Crippen LogP contribution in [0.2, 0.25) is 0 Å². The molecule has 1 amide bonds. The first-order chi connectivity index (χ1) is 16.2. The van der Waals surface area contributed by atoms with Crippen LogP contribution in [0.5, 0.6) is 0 Å². The summed E-state index contributed by atoms with van der Waals surface area (Å²) in [6.45, 7) is 2.96. The van der Waals surface area contributed by atoms with E-state index >= 15 is 0 Å². The van der Waals surface area contributed by atoms with Gasteiger partial charge in [-0.25, -0.2) is 14.4 Å². The summed E-state index contributed by atoms with van der Waals surface area (Å²) in [5, 5.41) is 1.28. The average molecular weight is 465 g/mol. The summed E-state index contributed by atoms with van der Waals surface area (Å²) in [4.78, 5) is 30.0. The van der Waals surface area contributed by atoms with E-state index in [1.165, 1.54) is 71.3 Å². The summed E-state index contributed by atoms with van der Waals surface area (Å²) < 4.78 is 13.2. The van der Waals surface area contributed by atoms with Crippen LogP contribution >= 0.6 is 11.3 Å². The summed E-state index contributed by atoms with van der Waals surface area (Å²) in [6, 6.07) is 6.23. The number of halogens is 1. The smallest absolute Gasteiger partial charge is 0.227 e. The molecule has 0 unspecified atom stereocenters. The van der Waals surface area contributed by atoms with Gasteiger partial charge in [-0.2, -0.15) is 0 Å². The number of carbonyl (C=O) groups excluding carboxylic acids is 1. The molecule has 2 fully saturated rings. The van der Waals surface area contributed by atoms with Gasteiger partial charge < -0.3 is 9.80 Å². The molecule has 3 aliphatic rings. The lowest BCUT2D eigenvalue weighted by Crippen LogP contribution is -2.49. The van der Waals surface area contributed by atoms with Crippen LogP contribution in [0.1, 0.15) is 59.9 Å². The molecular formula is C26H29FN4OS. The third kappa shape index (κ3) is 4.23. The lowest BCUT2D eigenvalue weighted by atomic mass is 10.1. The molecular weight excluding hydrogens is 435 g/mol. The van der Waals surface area contributed by atoms with Crippen LogP contribution < -0.4 is 4.90 Å². The number of benzene rings is 1. The van der Waals surface area contributed by atoms with Gasteiger partial charge in [0.2, 0.25) is 5.91 Å². The van der Waals surface area contributed by atoms with Crippen molar-refractivity contribution in [2.75, 3.05) is 31.1 Å². The van der Waals surface area contributed by atoms with Crippen LogP contribution in [-0.2, 0) is 24.1 Å². The Kier molecular flexibility index (Phi) is 5.52. The highest BCUT2D eigenvalue weighted by Crippen LogP contribution is 2.44. The minimum absolute atomic E-state index is 0.108. The Labute approximate surface area is 197 Å². The maximum Gasteiger partial charge on any atom is 0.227 e. The molecule has 33 heavy (non-hydrogen) atoms. The molecule has 3 aromatic rings. The highest BCUT2D eigenvalue weighted by Gasteiger charge is 2.31. The minimum Gasteiger partial charge on any atom is -0.352 e. The number of fused-ring (bicyclic) bond motifs is 3. The van der Waals surface area contributed by atoms with Crippen LogP contribution in [-0.4, -0.2) is 47.0 Å². The van der Waals surface area contributed by atoms with E-state index in [9.17, 15) is 9.18 Å². The first-order valence-corrected chi connectivity index (χ1v) is 13.1. The van der Waals surface area contributed by atoms with Crippen molar-refractivity contribution in [3.8, 4) is 0 Å². The zero-order valence-corrected chi connectivity index (χ0v) is 19.7. The number of aryl methyl sites for hydroxylation is 2. The lowest BCUT2D eigenvalue weighted by Gasteiger charge is -2.36. The SMILES string of the molecule is O=C(Cc1ccc(F)cc1)N1CCN(c2nc(C3CC3)nc3sc4c(c23)CCCCC4)CC1. The van der Waals surface area contributed by atoms with E-state index in [-0.39, 0.29) is 11.7 Å². The van der Waals surface area contributed by atoms with Gasteiger partial charge in [0.25, 0.3) is 0 Å². The van der Waals surface area contributed by atoms with Crippen LogP contribution in [0.15, 0.2) is 24.3 Å². The van der Waals surface area contributed by atoms with Crippen molar-refractivity contribution >= 4 is 33.3 Å². The summed E-state index contributed by atoms with van der Waals surface area (Å²) in [6.07, 6.45) is 8.82. The lowest BCUT2D eigenvalue weighted by molar-refractivity contribution is -0.130. The van der Waals surface area contributed by atoms with E-state index in [0.717, 1.165) is 36.7 Å². The fourth-order valence-electron chi connectivity index (χ4n) is 5.14. The molecule has 0 atom stereocenters. The number of thiophene rings is 1. The predicted octanol–water partition coefficient (Wildman–Crippen LogP) is 4.87. The number of anilines is 1. The zero-order chi connectivity index (χ0) is 22.4. The molecule has 7 heteroatoms. The van der Waals surface area contributed by atoms with Gasteiger partial charge in [-0.15, -0.1) is 11.3 Å². The van der Waals surface area contributed by atoms with Gasteiger partial charge in [0, 0.05) is 37.0 Å². The highest BCUT2D eigenvalue weighted by atomic mass is 32.1. The van der Waals surface area contributed by atoms with Crippen molar-refractivity contribution in [3.63, 3.8) is 0 Å². The van der Waals surface area contributed by atoms with Crippen molar-refractivity contribution in [1.29, 1.82) is 0 Å².